The van der Waals surface area contributed by atoms with Crippen molar-refractivity contribution in [3.8, 4) is 5.75 Å². The fourth-order valence-corrected chi connectivity index (χ4v) is 2.47. The summed E-state index contributed by atoms with van der Waals surface area (Å²) in [6.07, 6.45) is 0. The lowest BCUT2D eigenvalue weighted by Crippen LogP contribution is -2.18. The van der Waals surface area contributed by atoms with Gasteiger partial charge in [0.15, 0.2) is 0 Å². The number of hydrogen-bond acceptors (Lipinski definition) is 2. The summed E-state index contributed by atoms with van der Waals surface area (Å²) in [6, 6.07) is 16.9. The molecule has 0 heterocycles. The smallest absolute Gasteiger partial charge is 0.119 e. The van der Waals surface area contributed by atoms with Crippen LogP contribution in [0, 0.1) is 0 Å². The van der Waals surface area contributed by atoms with Crippen molar-refractivity contribution in [1.29, 1.82) is 0 Å². The lowest BCUT2D eigenvalue weighted by atomic mass is 10.1. The second kappa shape index (κ2) is 7.46. The molecule has 2 rings (SSSR count). The van der Waals surface area contributed by atoms with Crippen LogP contribution in [-0.2, 0) is 6.54 Å². The van der Waals surface area contributed by atoms with E-state index in [0.717, 1.165) is 16.8 Å². The van der Waals surface area contributed by atoms with Gasteiger partial charge in [-0.1, -0.05) is 46.3 Å². The first-order valence-corrected chi connectivity index (χ1v) is 7.69. The van der Waals surface area contributed by atoms with Gasteiger partial charge in [0.1, 0.15) is 5.75 Å². The summed E-state index contributed by atoms with van der Waals surface area (Å²) in [6.45, 7) is 5.72. The van der Waals surface area contributed by atoms with Crippen molar-refractivity contribution in [3.63, 3.8) is 0 Å². The van der Waals surface area contributed by atoms with E-state index in [0.29, 0.717) is 12.6 Å². The van der Waals surface area contributed by atoms with Crippen LogP contribution in [0.4, 0.5) is 0 Å². The van der Waals surface area contributed by atoms with Crippen molar-refractivity contribution >= 4 is 15.9 Å². The van der Waals surface area contributed by atoms with E-state index in [1.807, 2.05) is 25.1 Å². The zero-order valence-electron chi connectivity index (χ0n) is 11.9. The third-order valence-corrected chi connectivity index (χ3v) is 4.02. The van der Waals surface area contributed by atoms with Crippen molar-refractivity contribution in [2.75, 3.05) is 6.61 Å². The fraction of sp³-hybridized carbons (Fsp3) is 0.294. The summed E-state index contributed by atoms with van der Waals surface area (Å²) in [5.74, 6) is 0.925. The zero-order valence-corrected chi connectivity index (χ0v) is 13.5. The van der Waals surface area contributed by atoms with Gasteiger partial charge >= 0.3 is 0 Å². The minimum atomic E-state index is 0.304. The number of hydrogen-bond donors (Lipinski definition) is 1. The molecule has 1 unspecified atom stereocenters. The van der Waals surface area contributed by atoms with Gasteiger partial charge in [-0.2, -0.15) is 0 Å². The summed E-state index contributed by atoms with van der Waals surface area (Å²) in [5.41, 5.74) is 2.53. The van der Waals surface area contributed by atoms with Crippen molar-refractivity contribution in [2.24, 2.45) is 0 Å². The van der Waals surface area contributed by atoms with Gasteiger partial charge in [-0.05, 0) is 43.2 Å². The van der Waals surface area contributed by atoms with E-state index in [-0.39, 0.29) is 0 Å². The van der Waals surface area contributed by atoms with Crippen molar-refractivity contribution in [2.45, 2.75) is 26.4 Å². The topological polar surface area (TPSA) is 21.3 Å². The van der Waals surface area contributed by atoms with Crippen LogP contribution in [0.2, 0.25) is 0 Å². The molecular weight excluding hydrogens is 314 g/mol. The van der Waals surface area contributed by atoms with Gasteiger partial charge < -0.3 is 10.1 Å². The van der Waals surface area contributed by atoms with Crippen molar-refractivity contribution in [1.82, 2.24) is 5.32 Å². The Morgan fingerprint density at radius 3 is 2.45 bits per heavy atom. The van der Waals surface area contributed by atoms with Crippen molar-refractivity contribution < 1.29 is 4.74 Å². The van der Waals surface area contributed by atoms with E-state index in [2.05, 4.69) is 58.5 Å². The highest BCUT2D eigenvalue weighted by Gasteiger charge is 2.06. The van der Waals surface area contributed by atoms with Gasteiger partial charge in [-0.25, -0.2) is 0 Å². The van der Waals surface area contributed by atoms with Crippen LogP contribution >= 0.6 is 15.9 Å². The molecule has 0 fully saturated rings. The average molecular weight is 334 g/mol. The Balaban J connectivity index is 1.94. The molecule has 0 aromatic heterocycles. The summed E-state index contributed by atoms with van der Waals surface area (Å²) >= 11 is 3.57. The van der Waals surface area contributed by atoms with Crippen LogP contribution in [0.25, 0.3) is 0 Å². The maximum Gasteiger partial charge on any atom is 0.119 e. The molecule has 1 atom stereocenters. The van der Waals surface area contributed by atoms with Crippen LogP contribution < -0.4 is 10.1 Å². The first-order valence-electron chi connectivity index (χ1n) is 6.90. The molecule has 2 nitrogen and oxygen atoms in total. The number of nitrogens with one attached hydrogen (secondary N) is 1. The third-order valence-electron chi connectivity index (χ3n) is 3.25. The fourth-order valence-electron chi connectivity index (χ4n) is 2.04. The van der Waals surface area contributed by atoms with Gasteiger partial charge in [-0.15, -0.1) is 0 Å². The highest BCUT2D eigenvalue weighted by molar-refractivity contribution is 9.10. The minimum Gasteiger partial charge on any atom is -0.494 e. The van der Waals surface area contributed by atoms with Gasteiger partial charge in [0.2, 0.25) is 0 Å². The Labute approximate surface area is 129 Å². The molecule has 0 aliphatic heterocycles. The molecule has 0 aliphatic carbocycles. The third kappa shape index (κ3) is 4.09. The second-order valence-corrected chi connectivity index (χ2v) is 5.55. The monoisotopic (exact) mass is 333 g/mol. The molecular formula is C17H20BrNO. The van der Waals surface area contributed by atoms with Gasteiger partial charge in [-0.3, -0.25) is 0 Å². The molecule has 20 heavy (non-hydrogen) atoms. The van der Waals surface area contributed by atoms with Crippen LogP contribution in [0.15, 0.2) is 53.0 Å². The average Bonchev–Trinajstić information content (AvgIpc) is 2.47. The van der Waals surface area contributed by atoms with E-state index in [9.17, 15) is 0 Å². The molecule has 3 heteroatoms. The molecule has 0 saturated carbocycles. The largest absolute Gasteiger partial charge is 0.494 e. The van der Waals surface area contributed by atoms with Crippen LogP contribution in [-0.4, -0.2) is 6.61 Å². The number of halogens is 1. The SMILES string of the molecule is CCOc1ccc(C(C)NCc2ccccc2Br)cc1. The van der Waals surface area contributed by atoms with Crippen molar-refractivity contribution in [3.05, 3.63) is 64.1 Å². The first kappa shape index (κ1) is 15.1. The number of ether oxygens (including phenoxy) is 1. The predicted molar refractivity (Wildman–Crippen MR) is 87.0 cm³/mol. The molecule has 0 spiro atoms. The molecule has 0 aliphatic rings. The Bertz CT molecular complexity index is 539. The van der Waals surface area contributed by atoms with Crippen LogP contribution in [0.5, 0.6) is 5.75 Å². The van der Waals surface area contributed by atoms with E-state index >= 15 is 0 Å². The zero-order chi connectivity index (χ0) is 14.4. The lowest BCUT2D eigenvalue weighted by molar-refractivity contribution is 0.340. The van der Waals surface area contributed by atoms with Gasteiger partial charge in [0, 0.05) is 17.1 Å². The highest BCUT2D eigenvalue weighted by Crippen LogP contribution is 2.20. The molecule has 0 saturated heterocycles. The second-order valence-electron chi connectivity index (χ2n) is 4.70. The normalized spacial score (nSPS) is 12.2. The van der Waals surface area contributed by atoms with E-state index in [1.165, 1.54) is 11.1 Å². The lowest BCUT2D eigenvalue weighted by Gasteiger charge is -2.15. The maximum atomic E-state index is 5.46. The minimum absolute atomic E-state index is 0.304. The van der Waals surface area contributed by atoms with E-state index in [4.69, 9.17) is 4.74 Å². The summed E-state index contributed by atoms with van der Waals surface area (Å²) in [7, 11) is 0. The highest BCUT2D eigenvalue weighted by atomic mass is 79.9. The first-order chi connectivity index (χ1) is 9.70. The van der Waals surface area contributed by atoms with Crippen LogP contribution in [0.1, 0.15) is 31.0 Å². The quantitative estimate of drug-likeness (QED) is 0.827. The van der Waals surface area contributed by atoms with E-state index in [1.54, 1.807) is 0 Å². The molecule has 2 aromatic carbocycles. The molecule has 0 amide bonds. The molecule has 0 radical (unpaired) electrons. The molecule has 2 aromatic rings. The summed E-state index contributed by atoms with van der Waals surface area (Å²) in [5, 5.41) is 3.54. The Hall–Kier alpha value is -1.32. The van der Waals surface area contributed by atoms with Gasteiger partial charge in [0.05, 0.1) is 6.61 Å². The summed E-state index contributed by atoms with van der Waals surface area (Å²) in [4.78, 5) is 0. The van der Waals surface area contributed by atoms with E-state index < -0.39 is 0 Å². The standard InChI is InChI=1S/C17H20BrNO/c1-3-20-16-10-8-14(9-11-16)13(2)19-12-15-6-4-5-7-17(15)18/h4-11,13,19H,3,12H2,1-2H3. The number of rotatable bonds is 6. The van der Waals surface area contributed by atoms with Gasteiger partial charge in [0.25, 0.3) is 0 Å². The maximum absolute atomic E-state index is 5.46. The Morgan fingerprint density at radius 1 is 1.10 bits per heavy atom. The number of benzene rings is 2. The predicted octanol–water partition coefficient (Wildman–Crippen LogP) is 4.70. The summed E-state index contributed by atoms with van der Waals surface area (Å²) < 4.78 is 6.60. The Morgan fingerprint density at radius 2 is 1.80 bits per heavy atom. The van der Waals surface area contributed by atoms with Crippen LogP contribution in [0.3, 0.4) is 0 Å². The molecule has 0 bridgehead atoms. The Kier molecular flexibility index (Phi) is 5.62. The molecule has 106 valence electrons. The molecule has 1 N–H and O–H groups in total.